The summed E-state index contributed by atoms with van der Waals surface area (Å²) < 4.78 is 5.72. The number of fused-ring (bicyclic) bond motifs is 1. The highest BCUT2D eigenvalue weighted by molar-refractivity contribution is 5.76. The zero-order valence-electron chi connectivity index (χ0n) is 14.1. The lowest BCUT2D eigenvalue weighted by molar-refractivity contribution is -0.122. The number of hydrogen-bond acceptors (Lipinski definition) is 3. The van der Waals surface area contributed by atoms with E-state index in [0.717, 1.165) is 23.3 Å². The first kappa shape index (κ1) is 16.8. The summed E-state index contributed by atoms with van der Waals surface area (Å²) in [5.41, 5.74) is 8.41. The van der Waals surface area contributed by atoms with Crippen LogP contribution in [0.3, 0.4) is 0 Å². The van der Waals surface area contributed by atoms with E-state index in [4.69, 9.17) is 10.5 Å². The Morgan fingerprint density at radius 3 is 2.73 bits per heavy atom. The van der Waals surface area contributed by atoms with Gasteiger partial charge in [0.15, 0.2) is 0 Å². The number of nitrogens with two attached hydrogens (primary N) is 1. The number of carbonyl (C=O) groups is 1. The van der Waals surface area contributed by atoms with Gasteiger partial charge in [0.05, 0.1) is 12.6 Å². The predicted octanol–water partition coefficient (Wildman–Crippen LogP) is 3.33. The van der Waals surface area contributed by atoms with Gasteiger partial charge in [-0.15, -0.1) is 0 Å². The lowest BCUT2D eigenvalue weighted by atomic mass is 9.91. The highest BCUT2D eigenvalue weighted by Crippen LogP contribution is 2.34. The fraction of sp³-hybridized carbons (Fsp3) is 0.611. The molecule has 0 saturated heterocycles. The van der Waals surface area contributed by atoms with Crippen LogP contribution in [0.1, 0.15) is 63.7 Å². The molecule has 2 rings (SSSR count). The van der Waals surface area contributed by atoms with Crippen molar-refractivity contribution < 1.29 is 9.53 Å². The van der Waals surface area contributed by atoms with E-state index in [2.05, 4.69) is 39.1 Å². The fourth-order valence-electron chi connectivity index (χ4n) is 2.78. The van der Waals surface area contributed by atoms with Crippen LogP contribution in [0, 0.1) is 11.8 Å². The third kappa shape index (κ3) is 4.01. The molecule has 1 heterocycles. The molecule has 0 aromatic heterocycles. The number of carbonyl (C=O) groups excluding carboxylic acids is 1. The monoisotopic (exact) mass is 304 g/mol. The van der Waals surface area contributed by atoms with Crippen LogP contribution in [-0.2, 0) is 4.79 Å². The number of ether oxygens (including phenoxy) is 1. The average molecular weight is 304 g/mol. The van der Waals surface area contributed by atoms with E-state index < -0.39 is 0 Å². The number of amides is 1. The minimum atomic E-state index is -0.000702. The maximum atomic E-state index is 12.1. The van der Waals surface area contributed by atoms with Crippen LogP contribution in [0.4, 0.5) is 0 Å². The van der Waals surface area contributed by atoms with Crippen molar-refractivity contribution in [1.82, 2.24) is 5.32 Å². The predicted molar refractivity (Wildman–Crippen MR) is 88.7 cm³/mol. The molecule has 0 aliphatic carbocycles. The smallest absolute Gasteiger partial charge is 0.220 e. The number of hydrogen-bond donors (Lipinski definition) is 2. The van der Waals surface area contributed by atoms with Crippen LogP contribution in [-0.4, -0.2) is 12.5 Å². The van der Waals surface area contributed by atoms with Crippen molar-refractivity contribution in [3.05, 3.63) is 29.3 Å². The van der Waals surface area contributed by atoms with Gasteiger partial charge in [-0.2, -0.15) is 0 Å². The van der Waals surface area contributed by atoms with Crippen molar-refractivity contribution in [3.8, 4) is 5.75 Å². The van der Waals surface area contributed by atoms with Gasteiger partial charge in [0.1, 0.15) is 5.75 Å². The summed E-state index contributed by atoms with van der Waals surface area (Å²) >= 11 is 0. The highest BCUT2D eigenvalue weighted by atomic mass is 16.5. The molecule has 1 amide bonds. The molecule has 0 saturated carbocycles. The molecule has 0 bridgehead atoms. The Hall–Kier alpha value is -1.55. The van der Waals surface area contributed by atoms with E-state index in [1.807, 2.05) is 12.1 Å². The molecule has 1 aliphatic rings. The van der Waals surface area contributed by atoms with Crippen molar-refractivity contribution in [3.63, 3.8) is 0 Å². The van der Waals surface area contributed by atoms with Crippen LogP contribution in [0.15, 0.2) is 18.2 Å². The molecule has 122 valence electrons. The SMILES string of the molecule is CC(C)CC(=O)NC1CCOc2ccc(C(N)C(C)C)cc21. The maximum absolute atomic E-state index is 12.1. The molecule has 0 radical (unpaired) electrons. The lowest BCUT2D eigenvalue weighted by Gasteiger charge is -2.28. The molecule has 22 heavy (non-hydrogen) atoms. The third-order valence-electron chi connectivity index (χ3n) is 4.11. The van der Waals surface area contributed by atoms with Gasteiger partial charge in [0.25, 0.3) is 0 Å². The molecule has 0 spiro atoms. The van der Waals surface area contributed by atoms with Crippen molar-refractivity contribution in [2.75, 3.05) is 6.61 Å². The zero-order chi connectivity index (χ0) is 16.3. The highest BCUT2D eigenvalue weighted by Gasteiger charge is 2.24. The molecule has 2 atom stereocenters. The van der Waals surface area contributed by atoms with Gasteiger partial charge in [-0.3, -0.25) is 4.79 Å². The van der Waals surface area contributed by atoms with Crippen molar-refractivity contribution >= 4 is 5.91 Å². The normalized spacial score (nSPS) is 18.8. The third-order valence-corrected chi connectivity index (χ3v) is 4.11. The Labute approximate surface area is 133 Å². The van der Waals surface area contributed by atoms with Gasteiger partial charge < -0.3 is 15.8 Å². The summed E-state index contributed by atoms with van der Waals surface area (Å²) in [6.45, 7) is 8.97. The second kappa shape index (κ2) is 7.14. The van der Waals surface area contributed by atoms with E-state index in [1.165, 1.54) is 0 Å². The van der Waals surface area contributed by atoms with Crippen LogP contribution in [0.5, 0.6) is 5.75 Å². The van der Waals surface area contributed by atoms with Crippen molar-refractivity contribution in [2.24, 2.45) is 17.6 Å². The van der Waals surface area contributed by atoms with Gasteiger partial charge in [0.2, 0.25) is 5.91 Å². The largest absolute Gasteiger partial charge is 0.493 e. The average Bonchev–Trinajstić information content (AvgIpc) is 2.45. The first-order valence-corrected chi connectivity index (χ1v) is 8.20. The van der Waals surface area contributed by atoms with Gasteiger partial charge in [-0.25, -0.2) is 0 Å². The molecule has 2 unspecified atom stereocenters. The Kier molecular flexibility index (Phi) is 5.46. The molecular weight excluding hydrogens is 276 g/mol. The minimum absolute atomic E-state index is 0.000702. The van der Waals surface area contributed by atoms with E-state index in [9.17, 15) is 4.79 Å². The summed E-state index contributed by atoms with van der Waals surface area (Å²) in [4.78, 5) is 12.1. The zero-order valence-corrected chi connectivity index (χ0v) is 14.1. The van der Waals surface area contributed by atoms with E-state index in [0.29, 0.717) is 24.9 Å². The maximum Gasteiger partial charge on any atom is 0.220 e. The van der Waals surface area contributed by atoms with Gasteiger partial charge in [-0.1, -0.05) is 33.8 Å². The van der Waals surface area contributed by atoms with Gasteiger partial charge in [-0.05, 0) is 29.5 Å². The summed E-state index contributed by atoms with van der Waals surface area (Å²) in [6.07, 6.45) is 1.36. The molecule has 4 nitrogen and oxygen atoms in total. The van der Waals surface area contributed by atoms with Crippen LogP contribution < -0.4 is 15.8 Å². The second-order valence-corrected chi connectivity index (χ2v) is 6.92. The first-order chi connectivity index (χ1) is 10.4. The van der Waals surface area contributed by atoms with Gasteiger partial charge in [0, 0.05) is 24.4 Å². The number of rotatable bonds is 5. The van der Waals surface area contributed by atoms with Gasteiger partial charge >= 0.3 is 0 Å². The second-order valence-electron chi connectivity index (χ2n) is 6.92. The fourth-order valence-corrected chi connectivity index (χ4v) is 2.78. The summed E-state index contributed by atoms with van der Waals surface area (Å²) in [7, 11) is 0. The summed E-state index contributed by atoms with van der Waals surface area (Å²) in [5.74, 6) is 1.70. The molecule has 0 fully saturated rings. The molecular formula is C18H28N2O2. The minimum Gasteiger partial charge on any atom is -0.493 e. The van der Waals surface area contributed by atoms with E-state index >= 15 is 0 Å². The van der Waals surface area contributed by atoms with Crippen LogP contribution >= 0.6 is 0 Å². The van der Waals surface area contributed by atoms with E-state index in [-0.39, 0.29) is 18.0 Å². The first-order valence-electron chi connectivity index (χ1n) is 8.20. The van der Waals surface area contributed by atoms with Crippen LogP contribution in [0.2, 0.25) is 0 Å². The van der Waals surface area contributed by atoms with Crippen LogP contribution in [0.25, 0.3) is 0 Å². The molecule has 4 heteroatoms. The molecule has 1 aromatic carbocycles. The lowest BCUT2D eigenvalue weighted by Crippen LogP contribution is -2.33. The number of benzene rings is 1. The molecule has 1 aromatic rings. The Balaban J connectivity index is 2.20. The Bertz CT molecular complexity index is 526. The summed E-state index contributed by atoms with van der Waals surface area (Å²) in [5, 5.41) is 3.14. The van der Waals surface area contributed by atoms with Crippen molar-refractivity contribution in [2.45, 2.75) is 52.6 Å². The topological polar surface area (TPSA) is 64.3 Å². The Morgan fingerprint density at radius 2 is 2.09 bits per heavy atom. The Morgan fingerprint density at radius 1 is 1.36 bits per heavy atom. The van der Waals surface area contributed by atoms with Crippen molar-refractivity contribution in [1.29, 1.82) is 0 Å². The molecule has 1 aliphatic heterocycles. The quantitative estimate of drug-likeness (QED) is 0.877. The summed E-state index contributed by atoms with van der Waals surface area (Å²) in [6, 6.07) is 6.13. The number of nitrogens with one attached hydrogen (secondary N) is 1. The molecule has 3 N–H and O–H groups in total. The standard InChI is InChI=1S/C18H28N2O2/c1-11(2)9-17(21)20-15-7-8-22-16-6-5-13(10-14(15)16)18(19)12(3)4/h5-6,10-12,15,18H,7-9,19H2,1-4H3,(H,20,21). The van der Waals surface area contributed by atoms with E-state index in [1.54, 1.807) is 0 Å².